The zero-order chi connectivity index (χ0) is 28.3. The summed E-state index contributed by atoms with van der Waals surface area (Å²) in [4.78, 5) is 13.5. The Morgan fingerprint density at radius 2 is 1.73 bits per heavy atom. The van der Waals surface area contributed by atoms with Crippen LogP contribution < -0.4 is 15.8 Å². The normalized spacial score (nSPS) is 14.2. The van der Waals surface area contributed by atoms with Gasteiger partial charge in [-0.3, -0.25) is 4.79 Å². The van der Waals surface area contributed by atoms with Gasteiger partial charge in [0.05, 0.1) is 17.4 Å². The summed E-state index contributed by atoms with van der Waals surface area (Å²) in [5.74, 6) is 0.194. The molecule has 40 heavy (non-hydrogen) atoms. The van der Waals surface area contributed by atoms with Crippen LogP contribution in [-0.2, 0) is 13.0 Å². The highest BCUT2D eigenvalue weighted by Crippen LogP contribution is 2.32. The van der Waals surface area contributed by atoms with Gasteiger partial charge in [-0.15, -0.1) is 13.2 Å². The molecule has 1 heterocycles. The predicted molar refractivity (Wildman–Crippen MR) is 146 cm³/mol. The lowest BCUT2D eigenvalue weighted by molar-refractivity contribution is -0.274. The van der Waals surface area contributed by atoms with Crippen molar-refractivity contribution < 1.29 is 22.7 Å². The van der Waals surface area contributed by atoms with E-state index in [4.69, 9.17) is 5.73 Å². The zero-order valence-corrected chi connectivity index (χ0v) is 22.1. The van der Waals surface area contributed by atoms with E-state index in [1.807, 2.05) is 55.5 Å². The molecule has 4 aromatic rings. The third-order valence-corrected chi connectivity index (χ3v) is 6.89. The number of nitrogens with one attached hydrogen (secondary N) is 1. The van der Waals surface area contributed by atoms with E-state index in [9.17, 15) is 18.0 Å². The summed E-state index contributed by atoms with van der Waals surface area (Å²) in [6.45, 7) is 2.97. The minimum atomic E-state index is -4.77. The molecule has 1 aromatic heterocycles. The number of carbonyl (C=O) groups is 1. The molecule has 1 unspecified atom stereocenters. The monoisotopic (exact) mass is 548 g/mol. The summed E-state index contributed by atoms with van der Waals surface area (Å²) >= 11 is 0. The van der Waals surface area contributed by atoms with Gasteiger partial charge in [0, 0.05) is 13.0 Å². The minimum absolute atomic E-state index is 0.0982. The fraction of sp³-hybridized carbons (Fsp3) is 0.290. The van der Waals surface area contributed by atoms with E-state index in [-0.39, 0.29) is 24.0 Å². The molecule has 0 aliphatic heterocycles. The number of ketones is 1. The number of ether oxygens (including phenoxy) is 1. The Kier molecular flexibility index (Phi) is 8.04. The van der Waals surface area contributed by atoms with E-state index < -0.39 is 6.36 Å². The van der Waals surface area contributed by atoms with Crippen molar-refractivity contribution in [2.45, 2.75) is 45.1 Å². The zero-order valence-electron chi connectivity index (χ0n) is 22.1. The quantitative estimate of drug-likeness (QED) is 0.223. The van der Waals surface area contributed by atoms with E-state index >= 15 is 0 Å². The number of hydrogen-bond acceptors (Lipinski definition) is 5. The molecule has 1 saturated carbocycles. The van der Waals surface area contributed by atoms with Gasteiger partial charge < -0.3 is 15.8 Å². The number of benzene rings is 3. The number of carbonyl (C=O) groups excluding carboxylic acids is 1. The smallest absolute Gasteiger partial charge is 0.406 e. The van der Waals surface area contributed by atoms with Crippen LogP contribution in [0.4, 0.5) is 13.2 Å². The lowest BCUT2D eigenvalue weighted by atomic mass is 9.95. The topological polar surface area (TPSA) is 82.2 Å². The maximum Gasteiger partial charge on any atom is 0.573 e. The van der Waals surface area contributed by atoms with Gasteiger partial charge in [0.2, 0.25) is 0 Å². The molecule has 9 heteroatoms. The summed E-state index contributed by atoms with van der Waals surface area (Å²) in [5.41, 5.74) is 11.0. The molecular formula is C31H31F3N4O2. The first-order valence-corrected chi connectivity index (χ1v) is 13.3. The third kappa shape index (κ3) is 6.97. The standard InChI is InChI=1S/C31H31F3N4O2/c1-20-13-28(38(37-20)26-9-3-6-23(15-26)18-35)29(39)16-22-5-2-7-24(14-22)30(36-19-21-11-12-21)25-8-4-10-27(17-25)40-31(32,33)34/h2-10,13-15,17,21,30,36H,11-12,16,18-19,35H2,1H3. The van der Waals surface area contributed by atoms with Crippen LogP contribution >= 0.6 is 0 Å². The van der Waals surface area contributed by atoms with Gasteiger partial charge in [-0.25, -0.2) is 4.68 Å². The SMILES string of the molecule is Cc1cc(C(=O)Cc2cccc(C(NCC3CC3)c3cccc(OC(F)(F)F)c3)c2)n(-c2cccc(CN)c2)n1. The first-order valence-electron chi connectivity index (χ1n) is 13.3. The van der Waals surface area contributed by atoms with Crippen molar-refractivity contribution in [3.8, 4) is 11.4 Å². The number of nitrogens with zero attached hydrogens (tertiary/aromatic N) is 2. The fourth-order valence-corrected chi connectivity index (χ4v) is 4.79. The van der Waals surface area contributed by atoms with Crippen molar-refractivity contribution in [3.63, 3.8) is 0 Å². The van der Waals surface area contributed by atoms with Gasteiger partial charge in [-0.2, -0.15) is 5.10 Å². The Labute approximate surface area is 231 Å². The van der Waals surface area contributed by atoms with Crippen LogP contribution in [0.25, 0.3) is 5.69 Å². The molecule has 0 bridgehead atoms. The highest BCUT2D eigenvalue weighted by Gasteiger charge is 2.31. The average molecular weight is 549 g/mol. The second kappa shape index (κ2) is 11.7. The predicted octanol–water partition coefficient (Wildman–Crippen LogP) is 6.05. The maximum atomic E-state index is 13.5. The van der Waals surface area contributed by atoms with Gasteiger partial charge >= 0.3 is 6.36 Å². The molecule has 1 aliphatic rings. The van der Waals surface area contributed by atoms with E-state index in [2.05, 4.69) is 15.2 Å². The molecule has 0 amide bonds. The Hall–Kier alpha value is -3.95. The van der Waals surface area contributed by atoms with Crippen LogP contribution in [0.3, 0.4) is 0 Å². The highest BCUT2D eigenvalue weighted by molar-refractivity contribution is 5.96. The summed E-state index contributed by atoms with van der Waals surface area (Å²) in [6.07, 6.45) is -2.37. The molecule has 0 spiro atoms. The fourth-order valence-electron chi connectivity index (χ4n) is 4.79. The summed E-state index contributed by atoms with van der Waals surface area (Å²) in [5, 5.41) is 8.05. The average Bonchev–Trinajstić information content (AvgIpc) is 3.66. The van der Waals surface area contributed by atoms with Crippen LogP contribution in [0, 0.1) is 12.8 Å². The second-order valence-corrected chi connectivity index (χ2v) is 10.2. The third-order valence-electron chi connectivity index (χ3n) is 6.89. The molecule has 5 rings (SSSR count). The molecule has 3 aromatic carbocycles. The van der Waals surface area contributed by atoms with E-state index in [1.54, 1.807) is 22.9 Å². The first kappa shape index (κ1) is 27.6. The summed E-state index contributed by atoms with van der Waals surface area (Å²) in [7, 11) is 0. The lowest BCUT2D eigenvalue weighted by Crippen LogP contribution is -2.25. The molecule has 0 radical (unpaired) electrons. The van der Waals surface area contributed by atoms with Crippen LogP contribution in [0.1, 0.15) is 57.3 Å². The van der Waals surface area contributed by atoms with E-state index in [0.717, 1.165) is 47.5 Å². The molecule has 1 aliphatic carbocycles. The Morgan fingerprint density at radius 3 is 2.45 bits per heavy atom. The molecule has 1 atom stereocenters. The lowest BCUT2D eigenvalue weighted by Gasteiger charge is -2.21. The number of halogens is 3. The van der Waals surface area contributed by atoms with Crippen molar-refractivity contribution in [1.29, 1.82) is 0 Å². The number of Topliss-reactive ketones (excluding diaryl/α,β-unsaturated/α-hetero) is 1. The van der Waals surface area contributed by atoms with Crippen molar-refractivity contribution >= 4 is 5.78 Å². The number of hydrogen-bond donors (Lipinski definition) is 2. The van der Waals surface area contributed by atoms with Crippen molar-refractivity contribution in [2.24, 2.45) is 11.7 Å². The number of aryl methyl sites for hydroxylation is 1. The van der Waals surface area contributed by atoms with Crippen molar-refractivity contribution in [3.05, 3.63) is 113 Å². The van der Waals surface area contributed by atoms with Crippen LogP contribution in [0.5, 0.6) is 5.75 Å². The van der Waals surface area contributed by atoms with Gasteiger partial charge in [0.1, 0.15) is 11.4 Å². The van der Waals surface area contributed by atoms with E-state index in [1.165, 1.54) is 12.1 Å². The highest BCUT2D eigenvalue weighted by atomic mass is 19.4. The van der Waals surface area contributed by atoms with Crippen LogP contribution in [0.2, 0.25) is 0 Å². The Bertz CT molecular complexity index is 1490. The minimum Gasteiger partial charge on any atom is -0.406 e. The van der Waals surface area contributed by atoms with E-state index in [0.29, 0.717) is 23.7 Å². The maximum absolute atomic E-state index is 13.5. The second-order valence-electron chi connectivity index (χ2n) is 10.2. The Balaban J connectivity index is 1.41. The molecule has 208 valence electrons. The molecule has 0 saturated heterocycles. The first-order chi connectivity index (χ1) is 19.2. The van der Waals surface area contributed by atoms with Crippen molar-refractivity contribution in [1.82, 2.24) is 15.1 Å². The van der Waals surface area contributed by atoms with Gasteiger partial charge in [0.15, 0.2) is 5.78 Å². The summed E-state index contributed by atoms with van der Waals surface area (Å²) < 4.78 is 44.4. The van der Waals surface area contributed by atoms with Crippen molar-refractivity contribution in [2.75, 3.05) is 6.54 Å². The Morgan fingerprint density at radius 1 is 1.02 bits per heavy atom. The van der Waals surface area contributed by atoms with Crippen LogP contribution in [0.15, 0.2) is 78.9 Å². The van der Waals surface area contributed by atoms with Gasteiger partial charge in [0.25, 0.3) is 0 Å². The number of aromatic nitrogens is 2. The largest absolute Gasteiger partial charge is 0.573 e. The molecule has 6 nitrogen and oxygen atoms in total. The number of rotatable bonds is 11. The van der Waals surface area contributed by atoms with Crippen LogP contribution in [-0.4, -0.2) is 28.5 Å². The number of nitrogens with two attached hydrogens (primary N) is 1. The number of alkyl halides is 3. The summed E-state index contributed by atoms with van der Waals surface area (Å²) in [6, 6.07) is 22.6. The molecule has 3 N–H and O–H groups in total. The molecular weight excluding hydrogens is 517 g/mol. The molecule has 1 fully saturated rings. The van der Waals surface area contributed by atoms with Gasteiger partial charge in [-0.05, 0) is 84.8 Å². The van der Waals surface area contributed by atoms with Gasteiger partial charge in [-0.1, -0.05) is 48.5 Å².